The summed E-state index contributed by atoms with van der Waals surface area (Å²) in [5.74, 6) is 1.26. The number of ketones is 1. The Kier molecular flexibility index (Phi) is 4.51. The van der Waals surface area contributed by atoms with Crippen molar-refractivity contribution in [1.29, 1.82) is 0 Å². The van der Waals surface area contributed by atoms with Gasteiger partial charge in [-0.3, -0.25) is 4.79 Å². The number of aryl methyl sites for hydroxylation is 3. The quantitative estimate of drug-likeness (QED) is 0.676. The van der Waals surface area contributed by atoms with Gasteiger partial charge in [-0.15, -0.1) is 0 Å². The monoisotopic (exact) mass is 366 g/mol. The summed E-state index contributed by atoms with van der Waals surface area (Å²) in [6.45, 7) is 14.5. The zero-order valence-electron chi connectivity index (χ0n) is 14.7. The molecule has 0 heterocycles. The summed E-state index contributed by atoms with van der Waals surface area (Å²) in [4.78, 5) is 12.4. The Balaban J connectivity index is 2.41. The Bertz CT molecular complexity index is 578. The molecular weight excluding hydrogens is 340 g/mol. The molecule has 0 aromatic heterocycles. The van der Waals surface area contributed by atoms with Gasteiger partial charge < -0.3 is 4.74 Å². The predicted molar refractivity (Wildman–Crippen MR) is 95.0 cm³/mol. The third kappa shape index (κ3) is 2.97. The predicted octanol–water partition coefficient (Wildman–Crippen LogP) is 5.15. The lowest BCUT2D eigenvalue weighted by Gasteiger charge is -2.48. The second-order valence-corrected chi connectivity index (χ2v) is 8.96. The van der Waals surface area contributed by atoms with Gasteiger partial charge >= 0.3 is 0 Å². The van der Waals surface area contributed by atoms with E-state index in [1.165, 1.54) is 5.56 Å². The number of alkyl halides is 1. The SMILES string of the molecule is Cc1cc(C)c(O[C@H]2[C@H](Br)C(C)(C)C(=O)CC2(C)C)c(C)c1. The van der Waals surface area contributed by atoms with Crippen molar-refractivity contribution < 1.29 is 9.53 Å². The molecule has 2 rings (SSSR count). The second-order valence-electron chi connectivity index (χ2n) is 7.98. The van der Waals surface area contributed by atoms with Crippen LogP contribution >= 0.6 is 15.9 Å². The van der Waals surface area contributed by atoms with E-state index in [4.69, 9.17) is 4.74 Å². The Hall–Kier alpha value is -0.830. The lowest BCUT2D eigenvalue weighted by atomic mass is 9.64. The van der Waals surface area contributed by atoms with Crippen LogP contribution in [0, 0.1) is 31.6 Å². The summed E-state index contributed by atoms with van der Waals surface area (Å²) in [6, 6.07) is 4.30. The van der Waals surface area contributed by atoms with E-state index in [0.717, 1.165) is 16.9 Å². The van der Waals surface area contributed by atoms with E-state index >= 15 is 0 Å². The highest BCUT2D eigenvalue weighted by Gasteiger charge is 2.53. The third-order valence-corrected chi connectivity index (χ3v) is 6.53. The number of carbonyl (C=O) groups excluding carboxylic acids is 1. The molecule has 3 heteroatoms. The normalized spacial score (nSPS) is 26.8. The molecule has 1 aliphatic carbocycles. The van der Waals surface area contributed by atoms with Gasteiger partial charge in [0.1, 0.15) is 17.6 Å². The third-order valence-electron chi connectivity index (χ3n) is 4.91. The zero-order chi connectivity index (χ0) is 16.9. The molecule has 1 aromatic rings. The largest absolute Gasteiger partial charge is 0.488 e. The highest BCUT2D eigenvalue weighted by molar-refractivity contribution is 9.09. The van der Waals surface area contributed by atoms with Crippen molar-refractivity contribution in [3.63, 3.8) is 0 Å². The van der Waals surface area contributed by atoms with Gasteiger partial charge in [0.05, 0.1) is 4.83 Å². The van der Waals surface area contributed by atoms with Crippen molar-refractivity contribution in [2.45, 2.75) is 65.8 Å². The first kappa shape index (κ1) is 17.5. The van der Waals surface area contributed by atoms with Crippen LogP contribution in [0.3, 0.4) is 0 Å². The van der Waals surface area contributed by atoms with E-state index in [-0.39, 0.29) is 16.3 Å². The Morgan fingerprint density at radius 2 is 1.59 bits per heavy atom. The van der Waals surface area contributed by atoms with Crippen molar-refractivity contribution >= 4 is 21.7 Å². The van der Waals surface area contributed by atoms with E-state index in [1.54, 1.807) is 0 Å². The molecule has 1 saturated carbocycles. The van der Waals surface area contributed by atoms with Gasteiger partial charge in [0.15, 0.2) is 0 Å². The number of ether oxygens (including phenoxy) is 1. The van der Waals surface area contributed by atoms with Crippen molar-refractivity contribution in [3.8, 4) is 5.75 Å². The van der Waals surface area contributed by atoms with Gasteiger partial charge in [0.2, 0.25) is 0 Å². The molecule has 0 saturated heterocycles. The van der Waals surface area contributed by atoms with E-state index in [0.29, 0.717) is 12.2 Å². The highest BCUT2D eigenvalue weighted by atomic mass is 79.9. The van der Waals surface area contributed by atoms with Gasteiger partial charge in [-0.05, 0) is 31.9 Å². The van der Waals surface area contributed by atoms with Gasteiger partial charge in [0.25, 0.3) is 0 Å². The Morgan fingerprint density at radius 1 is 1.09 bits per heavy atom. The molecule has 0 unspecified atom stereocenters. The lowest BCUT2D eigenvalue weighted by molar-refractivity contribution is -0.138. The molecule has 1 aromatic carbocycles. The van der Waals surface area contributed by atoms with Crippen LogP contribution < -0.4 is 4.74 Å². The average molecular weight is 367 g/mol. The van der Waals surface area contributed by atoms with E-state index < -0.39 is 5.41 Å². The minimum absolute atomic E-state index is 0.00338. The highest BCUT2D eigenvalue weighted by Crippen LogP contribution is 2.48. The van der Waals surface area contributed by atoms with E-state index in [9.17, 15) is 4.79 Å². The Morgan fingerprint density at radius 3 is 2.09 bits per heavy atom. The summed E-state index contributed by atoms with van der Waals surface area (Å²) in [5, 5.41) is 0. The minimum atomic E-state index is -0.410. The van der Waals surface area contributed by atoms with Gasteiger partial charge in [-0.25, -0.2) is 0 Å². The minimum Gasteiger partial charge on any atom is -0.488 e. The number of benzene rings is 1. The summed E-state index contributed by atoms with van der Waals surface area (Å²) in [5.41, 5.74) is 2.96. The fourth-order valence-corrected chi connectivity index (χ4v) is 4.45. The number of hydrogen-bond acceptors (Lipinski definition) is 2. The summed E-state index contributed by atoms with van der Waals surface area (Å²) in [6.07, 6.45) is 0.511. The fraction of sp³-hybridized carbons (Fsp3) is 0.632. The van der Waals surface area contributed by atoms with Crippen LogP contribution in [0.15, 0.2) is 12.1 Å². The molecule has 0 bridgehead atoms. The second kappa shape index (κ2) is 5.67. The lowest BCUT2D eigenvalue weighted by Crippen LogP contribution is -2.56. The zero-order valence-corrected chi connectivity index (χ0v) is 16.3. The molecule has 1 fully saturated rings. The molecule has 0 aliphatic heterocycles. The van der Waals surface area contributed by atoms with Crippen molar-refractivity contribution in [2.75, 3.05) is 0 Å². The van der Waals surface area contributed by atoms with Gasteiger partial charge in [-0.2, -0.15) is 0 Å². The van der Waals surface area contributed by atoms with Gasteiger partial charge in [-0.1, -0.05) is 61.3 Å². The number of halogens is 1. The van der Waals surface area contributed by atoms with Crippen LogP contribution in [0.1, 0.15) is 50.8 Å². The summed E-state index contributed by atoms with van der Waals surface area (Å²) >= 11 is 3.77. The first-order valence-electron chi connectivity index (χ1n) is 7.88. The standard InChI is InChI=1S/C19H27BrO2/c1-11-8-12(2)15(13(3)9-11)22-17-16(20)19(6,7)14(21)10-18(17,4)5/h8-9,16-17H,10H2,1-7H3/t16-,17-/m0/s1. The molecule has 0 radical (unpaired) electrons. The van der Waals surface area contributed by atoms with Crippen molar-refractivity contribution in [2.24, 2.45) is 10.8 Å². The smallest absolute Gasteiger partial charge is 0.140 e. The molecule has 0 N–H and O–H groups in total. The first-order valence-corrected chi connectivity index (χ1v) is 8.80. The molecule has 0 amide bonds. The van der Waals surface area contributed by atoms with E-state index in [1.807, 2.05) is 13.8 Å². The summed E-state index contributed by atoms with van der Waals surface area (Å²) in [7, 11) is 0. The number of carbonyl (C=O) groups is 1. The van der Waals surface area contributed by atoms with Crippen molar-refractivity contribution in [3.05, 3.63) is 28.8 Å². The van der Waals surface area contributed by atoms with Gasteiger partial charge in [0, 0.05) is 17.3 Å². The molecule has 22 heavy (non-hydrogen) atoms. The van der Waals surface area contributed by atoms with Crippen LogP contribution in [0.4, 0.5) is 0 Å². The average Bonchev–Trinajstić information content (AvgIpc) is 2.34. The van der Waals surface area contributed by atoms with Crippen LogP contribution in [-0.2, 0) is 4.79 Å². The van der Waals surface area contributed by atoms with Crippen LogP contribution in [0.25, 0.3) is 0 Å². The number of rotatable bonds is 2. The van der Waals surface area contributed by atoms with Crippen LogP contribution in [-0.4, -0.2) is 16.7 Å². The maximum atomic E-state index is 12.4. The van der Waals surface area contributed by atoms with Crippen LogP contribution in [0.2, 0.25) is 0 Å². The molecule has 2 atom stereocenters. The molecule has 122 valence electrons. The Labute approximate surface area is 142 Å². The molecular formula is C19H27BrO2. The maximum Gasteiger partial charge on any atom is 0.140 e. The summed E-state index contributed by atoms with van der Waals surface area (Å²) < 4.78 is 6.48. The fourth-order valence-electron chi connectivity index (χ4n) is 3.37. The number of Topliss-reactive ketones (excluding diaryl/α,β-unsaturated/α-hetero) is 1. The first-order chi connectivity index (χ1) is 9.96. The topological polar surface area (TPSA) is 26.3 Å². The van der Waals surface area contributed by atoms with E-state index in [2.05, 4.69) is 62.7 Å². The van der Waals surface area contributed by atoms with Crippen molar-refractivity contribution in [1.82, 2.24) is 0 Å². The molecule has 1 aliphatic rings. The van der Waals surface area contributed by atoms with Crippen LogP contribution in [0.5, 0.6) is 5.75 Å². The number of hydrogen-bond donors (Lipinski definition) is 0. The molecule has 2 nitrogen and oxygen atoms in total. The maximum absolute atomic E-state index is 12.4. The molecule has 0 spiro atoms.